The number of ether oxygens (including phenoxy) is 1. The maximum Gasteiger partial charge on any atom is 0.251 e. The van der Waals surface area contributed by atoms with Crippen molar-refractivity contribution in [2.45, 2.75) is 6.04 Å². The van der Waals surface area contributed by atoms with Crippen LogP contribution in [0.1, 0.15) is 22.2 Å². The summed E-state index contributed by atoms with van der Waals surface area (Å²) in [6.07, 6.45) is 1.68. The molecule has 1 aliphatic rings. The number of nitrogens with one attached hydrogen (secondary N) is 1. The Labute approximate surface area is 187 Å². The number of piperazine rings is 1. The number of benzene rings is 2. The summed E-state index contributed by atoms with van der Waals surface area (Å²) >= 11 is 6.02. The predicted molar refractivity (Wildman–Crippen MR) is 122 cm³/mol. The van der Waals surface area contributed by atoms with E-state index in [9.17, 15) is 4.79 Å². The van der Waals surface area contributed by atoms with Gasteiger partial charge in [-0.25, -0.2) is 0 Å². The third-order valence-corrected chi connectivity index (χ3v) is 5.84. The highest BCUT2D eigenvalue weighted by Gasteiger charge is 2.27. The molecule has 1 N–H and O–H groups in total. The lowest BCUT2D eigenvalue weighted by Gasteiger charge is -2.39. The van der Waals surface area contributed by atoms with Crippen molar-refractivity contribution in [2.24, 2.45) is 0 Å². The molecular weight excluding hydrogens is 414 g/mol. The summed E-state index contributed by atoms with van der Waals surface area (Å²) in [5.74, 6) is 1.57. The van der Waals surface area contributed by atoms with Gasteiger partial charge in [0.1, 0.15) is 11.5 Å². The molecule has 2 aromatic carbocycles. The fourth-order valence-electron chi connectivity index (χ4n) is 3.90. The van der Waals surface area contributed by atoms with E-state index in [0.717, 1.165) is 37.7 Å². The first kappa shape index (κ1) is 21.3. The molecule has 1 saturated heterocycles. The lowest BCUT2D eigenvalue weighted by molar-refractivity contribution is 0.0923. The van der Waals surface area contributed by atoms with E-state index in [4.69, 9.17) is 20.8 Å². The number of hydrogen-bond donors (Lipinski definition) is 1. The van der Waals surface area contributed by atoms with E-state index >= 15 is 0 Å². The Morgan fingerprint density at radius 2 is 1.87 bits per heavy atom. The number of carbonyl (C=O) groups excluding carboxylic acids is 1. The highest BCUT2D eigenvalue weighted by Crippen LogP contribution is 2.25. The number of nitrogens with zero attached hydrogens (tertiary/aromatic N) is 2. The fraction of sp³-hybridized carbons (Fsp3) is 0.292. The zero-order valence-electron chi connectivity index (χ0n) is 17.5. The van der Waals surface area contributed by atoms with Gasteiger partial charge in [-0.05, 0) is 54.6 Å². The second-order valence-electron chi connectivity index (χ2n) is 7.47. The molecule has 4 rings (SSSR count). The third kappa shape index (κ3) is 5.21. The smallest absolute Gasteiger partial charge is 0.251 e. The molecule has 3 aromatic rings. The summed E-state index contributed by atoms with van der Waals surface area (Å²) in [7, 11) is 1.67. The molecule has 0 saturated carbocycles. The number of methoxy groups -OCH3 is 1. The average molecular weight is 440 g/mol. The molecule has 1 fully saturated rings. The molecule has 162 valence electrons. The summed E-state index contributed by atoms with van der Waals surface area (Å²) in [6, 6.07) is 18.9. The number of hydrogen-bond acceptors (Lipinski definition) is 5. The lowest BCUT2D eigenvalue weighted by Crippen LogP contribution is -2.49. The first-order valence-electron chi connectivity index (χ1n) is 10.3. The van der Waals surface area contributed by atoms with E-state index < -0.39 is 0 Å². The summed E-state index contributed by atoms with van der Waals surface area (Å²) in [5, 5.41) is 3.59. The van der Waals surface area contributed by atoms with Gasteiger partial charge < -0.3 is 19.4 Å². The zero-order valence-corrected chi connectivity index (χ0v) is 18.2. The Bertz CT molecular complexity index is 984. The Kier molecular flexibility index (Phi) is 6.79. The van der Waals surface area contributed by atoms with Crippen LogP contribution in [0.3, 0.4) is 0 Å². The van der Waals surface area contributed by atoms with Crippen molar-refractivity contribution in [1.29, 1.82) is 0 Å². The fourth-order valence-corrected chi connectivity index (χ4v) is 4.09. The van der Waals surface area contributed by atoms with Crippen LogP contribution < -0.4 is 15.0 Å². The molecule has 7 heteroatoms. The SMILES string of the molecule is COc1ccc(N2CCN(C(CNC(=O)c3cccc(Cl)c3)c3ccco3)CC2)cc1. The summed E-state index contributed by atoms with van der Waals surface area (Å²) in [4.78, 5) is 17.3. The van der Waals surface area contributed by atoms with Gasteiger partial charge in [-0.2, -0.15) is 0 Å². The van der Waals surface area contributed by atoms with Gasteiger partial charge in [-0.3, -0.25) is 9.69 Å². The highest BCUT2D eigenvalue weighted by atomic mass is 35.5. The molecule has 1 unspecified atom stereocenters. The molecule has 1 aliphatic heterocycles. The van der Waals surface area contributed by atoms with Crippen LogP contribution in [0.25, 0.3) is 0 Å². The number of furan rings is 1. The number of carbonyl (C=O) groups is 1. The first-order chi connectivity index (χ1) is 15.1. The molecule has 2 heterocycles. The Hall–Kier alpha value is -2.96. The minimum atomic E-state index is -0.143. The highest BCUT2D eigenvalue weighted by molar-refractivity contribution is 6.30. The van der Waals surface area contributed by atoms with E-state index in [1.165, 1.54) is 5.69 Å². The van der Waals surface area contributed by atoms with E-state index in [0.29, 0.717) is 17.1 Å². The molecule has 1 aromatic heterocycles. The van der Waals surface area contributed by atoms with Crippen LogP contribution in [0.5, 0.6) is 5.75 Å². The summed E-state index contributed by atoms with van der Waals surface area (Å²) < 4.78 is 11.0. The standard InChI is InChI=1S/C24H26ClN3O3/c1-30-21-9-7-20(8-10-21)27-11-13-28(14-12-27)22(23-6-3-15-31-23)17-26-24(29)18-4-2-5-19(25)16-18/h2-10,15-16,22H,11-14,17H2,1H3,(H,26,29). The molecular formula is C24H26ClN3O3. The number of halogens is 1. The Morgan fingerprint density at radius 1 is 1.10 bits per heavy atom. The van der Waals surface area contributed by atoms with E-state index in [-0.39, 0.29) is 11.9 Å². The molecule has 0 radical (unpaired) electrons. The molecule has 0 bridgehead atoms. The van der Waals surface area contributed by atoms with Gasteiger partial charge in [0.05, 0.1) is 19.4 Å². The number of amides is 1. The molecule has 0 spiro atoms. The van der Waals surface area contributed by atoms with Crippen LogP contribution in [0.2, 0.25) is 5.02 Å². The van der Waals surface area contributed by atoms with Crippen LogP contribution in [0.15, 0.2) is 71.3 Å². The van der Waals surface area contributed by atoms with Crippen LogP contribution in [0, 0.1) is 0 Å². The van der Waals surface area contributed by atoms with Gasteiger partial charge in [0, 0.05) is 49.0 Å². The predicted octanol–water partition coefficient (Wildman–Crippen LogP) is 4.23. The van der Waals surface area contributed by atoms with E-state index in [1.54, 1.807) is 37.6 Å². The number of anilines is 1. The van der Waals surface area contributed by atoms with Gasteiger partial charge in [-0.1, -0.05) is 17.7 Å². The van der Waals surface area contributed by atoms with Gasteiger partial charge in [-0.15, -0.1) is 0 Å². The topological polar surface area (TPSA) is 58.0 Å². The normalized spacial score (nSPS) is 15.5. The second kappa shape index (κ2) is 9.90. The first-order valence-corrected chi connectivity index (χ1v) is 10.7. The van der Waals surface area contributed by atoms with E-state index in [1.807, 2.05) is 24.3 Å². The molecule has 1 atom stereocenters. The van der Waals surface area contributed by atoms with Crippen LogP contribution in [-0.2, 0) is 0 Å². The Morgan fingerprint density at radius 3 is 2.52 bits per heavy atom. The quantitative estimate of drug-likeness (QED) is 0.596. The van der Waals surface area contributed by atoms with Crippen molar-refractivity contribution >= 4 is 23.2 Å². The van der Waals surface area contributed by atoms with Gasteiger partial charge in [0.2, 0.25) is 0 Å². The minimum Gasteiger partial charge on any atom is -0.497 e. The molecule has 6 nitrogen and oxygen atoms in total. The molecule has 1 amide bonds. The maximum atomic E-state index is 12.6. The van der Waals surface area contributed by atoms with Gasteiger partial charge in [0.15, 0.2) is 0 Å². The van der Waals surface area contributed by atoms with Crippen LogP contribution in [-0.4, -0.2) is 50.6 Å². The van der Waals surface area contributed by atoms with E-state index in [2.05, 4.69) is 27.2 Å². The zero-order chi connectivity index (χ0) is 21.6. The second-order valence-corrected chi connectivity index (χ2v) is 7.91. The molecule has 0 aliphatic carbocycles. The largest absolute Gasteiger partial charge is 0.497 e. The monoisotopic (exact) mass is 439 g/mol. The average Bonchev–Trinajstić information content (AvgIpc) is 3.34. The molecule has 31 heavy (non-hydrogen) atoms. The van der Waals surface area contributed by atoms with Crippen molar-refractivity contribution in [3.8, 4) is 5.75 Å². The van der Waals surface area contributed by atoms with Crippen molar-refractivity contribution in [2.75, 3.05) is 44.7 Å². The minimum absolute atomic E-state index is 0.0313. The van der Waals surface area contributed by atoms with Gasteiger partial charge in [0.25, 0.3) is 5.91 Å². The van der Waals surface area contributed by atoms with Crippen molar-refractivity contribution in [3.63, 3.8) is 0 Å². The number of rotatable bonds is 7. The van der Waals surface area contributed by atoms with Crippen LogP contribution >= 0.6 is 11.6 Å². The summed E-state index contributed by atoms with van der Waals surface area (Å²) in [6.45, 7) is 3.98. The lowest BCUT2D eigenvalue weighted by atomic mass is 10.1. The van der Waals surface area contributed by atoms with Crippen molar-refractivity contribution in [3.05, 3.63) is 83.3 Å². The third-order valence-electron chi connectivity index (χ3n) is 5.61. The van der Waals surface area contributed by atoms with Crippen molar-refractivity contribution < 1.29 is 13.9 Å². The van der Waals surface area contributed by atoms with Gasteiger partial charge >= 0.3 is 0 Å². The maximum absolute atomic E-state index is 12.6. The Balaban J connectivity index is 1.40. The summed E-state index contributed by atoms with van der Waals surface area (Å²) in [5.41, 5.74) is 1.74. The van der Waals surface area contributed by atoms with Crippen LogP contribution in [0.4, 0.5) is 5.69 Å². The van der Waals surface area contributed by atoms with Crippen molar-refractivity contribution in [1.82, 2.24) is 10.2 Å².